The van der Waals surface area contributed by atoms with E-state index in [1.54, 1.807) is 0 Å². The van der Waals surface area contributed by atoms with Crippen LogP contribution in [0.4, 0.5) is 0 Å². The smallest absolute Gasteiger partial charge is 0.244 e. The Morgan fingerprint density at radius 2 is 1.67 bits per heavy atom. The quantitative estimate of drug-likeness (QED) is 0.644. The second-order valence-corrected chi connectivity index (χ2v) is 4.73. The van der Waals surface area contributed by atoms with E-state index in [9.17, 15) is 19.2 Å². The van der Waals surface area contributed by atoms with Gasteiger partial charge in [-0.15, -0.1) is 0 Å². The molecule has 0 bridgehead atoms. The Morgan fingerprint density at radius 3 is 2.06 bits per heavy atom. The molecule has 0 radical (unpaired) electrons. The summed E-state index contributed by atoms with van der Waals surface area (Å²) < 4.78 is 0. The summed E-state index contributed by atoms with van der Waals surface area (Å²) in [5.41, 5.74) is -1.09. The molecule has 0 saturated heterocycles. The van der Waals surface area contributed by atoms with Crippen LogP contribution < -0.4 is 10.6 Å². The predicted octanol–water partition coefficient (Wildman–Crippen LogP) is -0.189. The molecule has 6 nitrogen and oxygen atoms in total. The number of rotatable bonds is 6. The van der Waals surface area contributed by atoms with Gasteiger partial charge < -0.3 is 10.6 Å². The summed E-state index contributed by atoms with van der Waals surface area (Å²) in [4.78, 5) is 45.6. The van der Waals surface area contributed by atoms with Crippen molar-refractivity contribution in [3.63, 3.8) is 0 Å². The molecule has 0 fully saturated rings. The molecule has 18 heavy (non-hydrogen) atoms. The fourth-order valence-corrected chi connectivity index (χ4v) is 1.30. The van der Waals surface area contributed by atoms with E-state index in [1.165, 1.54) is 34.7 Å². The molecule has 0 heterocycles. The van der Waals surface area contributed by atoms with Gasteiger partial charge in [0, 0.05) is 7.05 Å². The first-order valence-corrected chi connectivity index (χ1v) is 5.68. The molecule has 2 N–H and O–H groups in total. The van der Waals surface area contributed by atoms with Gasteiger partial charge in [-0.1, -0.05) is 0 Å². The van der Waals surface area contributed by atoms with E-state index in [1.807, 2.05) is 0 Å². The lowest BCUT2D eigenvalue weighted by Crippen LogP contribution is -2.54. The van der Waals surface area contributed by atoms with Crippen LogP contribution in [0.25, 0.3) is 0 Å². The van der Waals surface area contributed by atoms with Crippen LogP contribution in [0.3, 0.4) is 0 Å². The average Bonchev–Trinajstić information content (AvgIpc) is 2.25. The molecule has 0 aliphatic carbocycles. The number of likely N-dealkylation sites (N-methyl/N-ethyl adjacent to an activating group) is 1. The summed E-state index contributed by atoms with van der Waals surface area (Å²) in [7, 11) is 1.46. The molecule has 2 amide bonds. The Labute approximate surface area is 106 Å². The second-order valence-electron chi connectivity index (χ2n) is 4.73. The summed E-state index contributed by atoms with van der Waals surface area (Å²) >= 11 is 0. The number of amides is 2. The van der Waals surface area contributed by atoms with E-state index in [0.717, 1.165) is 0 Å². The lowest BCUT2D eigenvalue weighted by molar-refractivity contribution is -0.137. The van der Waals surface area contributed by atoms with Gasteiger partial charge in [-0.25, -0.2) is 0 Å². The zero-order valence-corrected chi connectivity index (χ0v) is 11.4. The maximum atomic E-state index is 11.6. The first kappa shape index (κ1) is 16.3. The number of ketones is 2. The van der Waals surface area contributed by atoms with Crippen molar-refractivity contribution >= 4 is 23.4 Å². The minimum Gasteiger partial charge on any atom is -0.357 e. The molecule has 0 aromatic rings. The fourth-order valence-electron chi connectivity index (χ4n) is 1.30. The number of hydrogen-bond donors (Lipinski definition) is 2. The van der Waals surface area contributed by atoms with E-state index in [4.69, 9.17) is 0 Å². The van der Waals surface area contributed by atoms with Crippen LogP contribution in [-0.4, -0.2) is 36.0 Å². The second kappa shape index (κ2) is 6.28. The van der Waals surface area contributed by atoms with Gasteiger partial charge in [-0.05, 0) is 27.7 Å². The van der Waals surface area contributed by atoms with Crippen LogP contribution in [0.5, 0.6) is 0 Å². The normalized spacial score (nSPS) is 12.5. The summed E-state index contributed by atoms with van der Waals surface area (Å²) in [5, 5.41) is 4.86. The van der Waals surface area contributed by atoms with Crippen LogP contribution >= 0.6 is 0 Å². The topological polar surface area (TPSA) is 92.3 Å². The van der Waals surface area contributed by atoms with Crippen molar-refractivity contribution in [2.75, 3.05) is 7.05 Å². The maximum Gasteiger partial charge on any atom is 0.244 e. The largest absolute Gasteiger partial charge is 0.357 e. The van der Waals surface area contributed by atoms with Crippen LogP contribution in [0.2, 0.25) is 0 Å². The Balaban J connectivity index is 4.49. The van der Waals surface area contributed by atoms with Crippen molar-refractivity contribution in [1.29, 1.82) is 0 Å². The van der Waals surface area contributed by atoms with E-state index in [-0.39, 0.29) is 11.7 Å². The number of nitrogens with one attached hydrogen (secondary N) is 2. The third-order valence-corrected chi connectivity index (χ3v) is 2.67. The first-order chi connectivity index (χ1) is 8.11. The summed E-state index contributed by atoms with van der Waals surface area (Å²) in [6, 6.07) is 0. The maximum absolute atomic E-state index is 11.6. The third-order valence-electron chi connectivity index (χ3n) is 2.67. The van der Waals surface area contributed by atoms with Crippen molar-refractivity contribution in [2.24, 2.45) is 5.92 Å². The Bertz CT molecular complexity index is 374. The molecule has 1 atom stereocenters. The molecule has 0 aromatic carbocycles. The minimum atomic E-state index is -1.09. The van der Waals surface area contributed by atoms with Crippen LogP contribution in [-0.2, 0) is 19.2 Å². The van der Waals surface area contributed by atoms with Crippen molar-refractivity contribution in [2.45, 2.75) is 39.7 Å². The molecular formula is C12H20N2O4. The number of Topliss-reactive ketones (excluding diaryl/α,β-unsaturated/α-hetero) is 2. The van der Waals surface area contributed by atoms with Crippen molar-refractivity contribution in [3.8, 4) is 0 Å². The minimum absolute atomic E-state index is 0.279. The Morgan fingerprint density at radius 1 is 1.17 bits per heavy atom. The van der Waals surface area contributed by atoms with Crippen LogP contribution in [0, 0.1) is 5.92 Å². The Hall–Kier alpha value is -1.72. The van der Waals surface area contributed by atoms with E-state index >= 15 is 0 Å². The summed E-state index contributed by atoms with van der Waals surface area (Å²) in [6.45, 7) is 5.82. The van der Waals surface area contributed by atoms with Gasteiger partial charge in [0.15, 0.2) is 5.78 Å². The predicted molar refractivity (Wildman–Crippen MR) is 65.8 cm³/mol. The lowest BCUT2D eigenvalue weighted by atomic mass is 9.98. The third kappa shape index (κ3) is 4.65. The van der Waals surface area contributed by atoms with Crippen LogP contribution in [0.15, 0.2) is 0 Å². The molecule has 0 saturated carbocycles. The fraction of sp³-hybridized carbons (Fsp3) is 0.667. The van der Waals surface area contributed by atoms with E-state index in [0.29, 0.717) is 0 Å². The summed E-state index contributed by atoms with van der Waals surface area (Å²) in [6.07, 6.45) is -0.402. The number of hydrogen-bond acceptors (Lipinski definition) is 4. The molecule has 1 unspecified atom stereocenters. The van der Waals surface area contributed by atoms with Gasteiger partial charge in [0.1, 0.15) is 11.3 Å². The van der Waals surface area contributed by atoms with Crippen molar-refractivity contribution in [1.82, 2.24) is 10.6 Å². The van der Waals surface area contributed by atoms with Gasteiger partial charge in [0.2, 0.25) is 11.8 Å². The molecular weight excluding hydrogens is 236 g/mol. The van der Waals surface area contributed by atoms with Crippen molar-refractivity contribution < 1.29 is 19.2 Å². The molecule has 0 aliphatic rings. The van der Waals surface area contributed by atoms with E-state index < -0.39 is 29.6 Å². The van der Waals surface area contributed by atoms with E-state index in [2.05, 4.69) is 10.6 Å². The average molecular weight is 256 g/mol. The van der Waals surface area contributed by atoms with Crippen molar-refractivity contribution in [3.05, 3.63) is 0 Å². The lowest BCUT2D eigenvalue weighted by Gasteiger charge is -2.24. The monoisotopic (exact) mass is 256 g/mol. The standard InChI is InChI=1S/C12H20N2O4/c1-7(8(2)15)9(16)6-10(17)14-12(3,4)11(18)13-5/h7H,6H2,1-5H3,(H,13,18)(H,14,17). The highest BCUT2D eigenvalue weighted by Crippen LogP contribution is 2.06. The SMILES string of the molecule is CNC(=O)C(C)(C)NC(=O)CC(=O)C(C)C(C)=O. The van der Waals surface area contributed by atoms with Gasteiger partial charge in [-0.2, -0.15) is 0 Å². The molecule has 0 spiro atoms. The molecule has 0 rings (SSSR count). The highest BCUT2D eigenvalue weighted by Gasteiger charge is 2.30. The highest BCUT2D eigenvalue weighted by atomic mass is 16.2. The zero-order valence-electron chi connectivity index (χ0n) is 11.4. The molecule has 6 heteroatoms. The Kier molecular flexibility index (Phi) is 5.68. The highest BCUT2D eigenvalue weighted by molar-refractivity contribution is 6.08. The number of carbonyl (C=O) groups is 4. The number of carbonyl (C=O) groups excluding carboxylic acids is 4. The molecule has 0 aliphatic heterocycles. The summed E-state index contributed by atoms with van der Waals surface area (Å²) in [5.74, 6) is -2.45. The van der Waals surface area contributed by atoms with Gasteiger partial charge in [0.25, 0.3) is 0 Å². The molecule has 0 aromatic heterocycles. The first-order valence-electron chi connectivity index (χ1n) is 5.68. The van der Waals surface area contributed by atoms with Crippen LogP contribution in [0.1, 0.15) is 34.1 Å². The zero-order chi connectivity index (χ0) is 14.5. The molecule has 102 valence electrons. The van der Waals surface area contributed by atoms with Gasteiger partial charge in [-0.3, -0.25) is 19.2 Å². The van der Waals surface area contributed by atoms with Gasteiger partial charge in [0.05, 0.1) is 12.3 Å². The van der Waals surface area contributed by atoms with Gasteiger partial charge >= 0.3 is 0 Å².